The molecule has 1 saturated heterocycles. The fraction of sp³-hybridized carbons (Fsp3) is 1.00. The fourth-order valence-electron chi connectivity index (χ4n) is 2.17. The van der Waals surface area contributed by atoms with Crippen LogP contribution < -0.4 is 0 Å². The molecule has 0 bridgehead atoms. The Balaban J connectivity index is 2.98. The van der Waals surface area contributed by atoms with Crippen molar-refractivity contribution >= 4 is 0 Å². The molecule has 0 aromatic rings. The zero-order chi connectivity index (χ0) is 15.5. The van der Waals surface area contributed by atoms with Crippen molar-refractivity contribution in [3.8, 4) is 0 Å². The number of aliphatic hydroxyl groups is 8. The van der Waals surface area contributed by atoms with E-state index in [9.17, 15) is 35.7 Å². The molecule has 1 aliphatic rings. The maximum absolute atomic E-state index is 10.1. The van der Waals surface area contributed by atoms with Crippen molar-refractivity contribution in [1.29, 1.82) is 0 Å². The van der Waals surface area contributed by atoms with Gasteiger partial charge in [-0.3, -0.25) is 0 Å². The number of hydrogen-bond donors (Lipinski definition) is 8. The lowest BCUT2D eigenvalue weighted by molar-refractivity contribution is -0.267. The van der Waals surface area contributed by atoms with Gasteiger partial charge < -0.3 is 45.6 Å². The van der Waals surface area contributed by atoms with Crippen LogP contribution in [0.4, 0.5) is 0 Å². The van der Waals surface area contributed by atoms with E-state index in [1.165, 1.54) is 0 Å². The van der Waals surface area contributed by atoms with Gasteiger partial charge in [0.25, 0.3) is 0 Å². The zero-order valence-electron chi connectivity index (χ0n) is 10.8. The molecule has 6 atom stereocenters. The minimum absolute atomic E-state index is 0.668. The molecule has 9 heteroatoms. The predicted molar refractivity (Wildman–Crippen MR) is 63.5 cm³/mol. The van der Waals surface area contributed by atoms with Crippen LogP contribution in [0, 0.1) is 5.41 Å². The van der Waals surface area contributed by atoms with Crippen LogP contribution in [-0.4, -0.2) is 104 Å². The van der Waals surface area contributed by atoms with Crippen LogP contribution in [0.5, 0.6) is 0 Å². The van der Waals surface area contributed by atoms with E-state index in [0.29, 0.717) is 0 Å². The number of hydrogen-bond acceptors (Lipinski definition) is 9. The molecule has 9 nitrogen and oxygen atoms in total. The lowest BCUT2D eigenvalue weighted by Crippen LogP contribution is -2.65. The van der Waals surface area contributed by atoms with E-state index in [1.807, 2.05) is 0 Å². The van der Waals surface area contributed by atoms with Gasteiger partial charge in [-0.15, -0.1) is 0 Å². The molecule has 1 fully saturated rings. The van der Waals surface area contributed by atoms with E-state index in [4.69, 9.17) is 9.84 Å². The monoisotopic (exact) mass is 298 g/mol. The Morgan fingerprint density at radius 2 is 1.35 bits per heavy atom. The third kappa shape index (κ3) is 2.96. The molecule has 0 aromatic carbocycles. The normalized spacial score (nSPS) is 36.9. The Morgan fingerprint density at radius 1 is 0.850 bits per heavy atom. The third-order valence-electron chi connectivity index (χ3n) is 3.81. The standard InChI is InChI=1S/C11H22O9/c12-1-5-6(16)7(17)8(18)9(20-5)10(19)11(2-13,3-14)4-15/h5-10,12-19H,1-4H2/t5-,6-,7+,8+,9?,10?/m1/s1. The molecule has 2 unspecified atom stereocenters. The highest BCUT2D eigenvalue weighted by atomic mass is 16.6. The average molecular weight is 298 g/mol. The summed E-state index contributed by atoms with van der Waals surface area (Å²) >= 11 is 0. The second-order valence-corrected chi connectivity index (χ2v) is 5.08. The van der Waals surface area contributed by atoms with E-state index in [1.54, 1.807) is 0 Å². The van der Waals surface area contributed by atoms with E-state index in [2.05, 4.69) is 0 Å². The van der Waals surface area contributed by atoms with Gasteiger partial charge in [0.05, 0.1) is 37.9 Å². The van der Waals surface area contributed by atoms with Crippen molar-refractivity contribution in [2.45, 2.75) is 36.6 Å². The van der Waals surface area contributed by atoms with Crippen LogP contribution in [0.3, 0.4) is 0 Å². The summed E-state index contributed by atoms with van der Waals surface area (Å²) in [4.78, 5) is 0. The van der Waals surface area contributed by atoms with E-state index in [0.717, 1.165) is 0 Å². The molecule has 0 aromatic heterocycles. The van der Waals surface area contributed by atoms with E-state index in [-0.39, 0.29) is 0 Å². The van der Waals surface area contributed by atoms with Crippen molar-refractivity contribution in [1.82, 2.24) is 0 Å². The molecule has 0 aliphatic carbocycles. The van der Waals surface area contributed by atoms with Crippen molar-refractivity contribution < 1.29 is 45.6 Å². The lowest BCUT2D eigenvalue weighted by Gasteiger charge is -2.46. The zero-order valence-corrected chi connectivity index (χ0v) is 10.8. The minimum atomic E-state index is -1.76. The molecule has 8 N–H and O–H groups in total. The Morgan fingerprint density at radius 3 is 1.75 bits per heavy atom. The number of aliphatic hydroxyl groups excluding tert-OH is 8. The summed E-state index contributed by atoms with van der Waals surface area (Å²) in [5, 5.41) is 75.9. The Bertz CT molecular complexity index is 285. The van der Waals surface area contributed by atoms with Crippen molar-refractivity contribution in [3.63, 3.8) is 0 Å². The first-order valence-corrected chi connectivity index (χ1v) is 6.19. The fourth-order valence-corrected chi connectivity index (χ4v) is 2.17. The summed E-state index contributed by atoms with van der Waals surface area (Å²) in [6.45, 7) is -3.05. The van der Waals surface area contributed by atoms with Gasteiger partial charge in [0.15, 0.2) is 0 Å². The first kappa shape index (κ1) is 17.7. The molecule has 1 aliphatic heterocycles. The maximum Gasteiger partial charge on any atom is 0.113 e. The second kappa shape index (κ2) is 7.07. The topological polar surface area (TPSA) is 171 Å². The molecule has 0 spiro atoms. The van der Waals surface area contributed by atoms with Crippen LogP contribution in [-0.2, 0) is 4.74 Å². The van der Waals surface area contributed by atoms with Gasteiger partial charge in [0.1, 0.15) is 30.5 Å². The SMILES string of the molecule is OC[C@H]1OC(C(O)C(CO)(CO)CO)[C@@H](O)[C@@H](O)[C@@H]1O. The Kier molecular flexibility index (Phi) is 6.25. The summed E-state index contributed by atoms with van der Waals surface area (Å²) in [5.74, 6) is 0. The molecule has 1 heterocycles. The third-order valence-corrected chi connectivity index (χ3v) is 3.81. The van der Waals surface area contributed by atoms with E-state index >= 15 is 0 Å². The van der Waals surface area contributed by atoms with E-state index < -0.39 is 68.5 Å². The highest BCUT2D eigenvalue weighted by Crippen LogP contribution is 2.31. The average Bonchev–Trinajstić information content (AvgIpc) is 2.47. The molecule has 1 rings (SSSR count). The maximum atomic E-state index is 10.1. The highest BCUT2D eigenvalue weighted by molar-refractivity contribution is 5.00. The molecular formula is C11H22O9. The number of rotatable bonds is 6. The summed E-state index contributed by atoms with van der Waals surface area (Å²) in [6.07, 6.45) is -9.43. The predicted octanol–water partition coefficient (Wildman–Crippen LogP) is -4.85. The van der Waals surface area contributed by atoms with Crippen LogP contribution in [0.1, 0.15) is 0 Å². The molecule has 120 valence electrons. The van der Waals surface area contributed by atoms with Gasteiger partial charge in [-0.1, -0.05) is 0 Å². The van der Waals surface area contributed by atoms with Crippen LogP contribution >= 0.6 is 0 Å². The van der Waals surface area contributed by atoms with Crippen LogP contribution in [0.15, 0.2) is 0 Å². The van der Waals surface area contributed by atoms with Gasteiger partial charge >= 0.3 is 0 Å². The van der Waals surface area contributed by atoms with Crippen LogP contribution in [0.25, 0.3) is 0 Å². The van der Waals surface area contributed by atoms with Gasteiger partial charge in [-0.2, -0.15) is 0 Å². The Hall–Kier alpha value is -0.360. The van der Waals surface area contributed by atoms with Crippen molar-refractivity contribution in [3.05, 3.63) is 0 Å². The summed E-state index contributed by atoms with van der Waals surface area (Å²) < 4.78 is 5.11. The molecular weight excluding hydrogens is 276 g/mol. The Labute approximate surface area is 115 Å². The van der Waals surface area contributed by atoms with Gasteiger partial charge in [-0.05, 0) is 0 Å². The van der Waals surface area contributed by atoms with Gasteiger partial charge in [0.2, 0.25) is 0 Å². The highest BCUT2D eigenvalue weighted by Gasteiger charge is 2.51. The van der Waals surface area contributed by atoms with Crippen molar-refractivity contribution in [2.75, 3.05) is 26.4 Å². The first-order chi connectivity index (χ1) is 9.38. The number of ether oxygens (including phenoxy) is 1. The lowest BCUT2D eigenvalue weighted by atomic mass is 9.78. The molecule has 0 radical (unpaired) electrons. The molecule has 0 amide bonds. The summed E-state index contributed by atoms with van der Waals surface area (Å²) in [7, 11) is 0. The summed E-state index contributed by atoms with van der Waals surface area (Å²) in [6, 6.07) is 0. The second-order valence-electron chi connectivity index (χ2n) is 5.08. The van der Waals surface area contributed by atoms with Gasteiger partial charge in [0, 0.05) is 0 Å². The van der Waals surface area contributed by atoms with Crippen molar-refractivity contribution in [2.24, 2.45) is 5.41 Å². The minimum Gasteiger partial charge on any atom is -0.396 e. The van der Waals surface area contributed by atoms with Crippen LogP contribution in [0.2, 0.25) is 0 Å². The quantitative estimate of drug-likeness (QED) is 0.239. The van der Waals surface area contributed by atoms with Gasteiger partial charge in [-0.25, -0.2) is 0 Å². The largest absolute Gasteiger partial charge is 0.396 e. The summed E-state index contributed by atoms with van der Waals surface area (Å²) in [5.41, 5.74) is -1.76. The molecule has 20 heavy (non-hydrogen) atoms. The smallest absolute Gasteiger partial charge is 0.113 e. The molecule has 0 saturated carbocycles. The first-order valence-electron chi connectivity index (χ1n) is 6.19.